The van der Waals surface area contributed by atoms with Gasteiger partial charge >= 0.3 is 0 Å². The molecule has 0 aliphatic rings. The van der Waals surface area contributed by atoms with Gasteiger partial charge in [-0.3, -0.25) is 4.79 Å². The van der Waals surface area contributed by atoms with Gasteiger partial charge in [-0.1, -0.05) is 51.8 Å². The molecule has 198 valence electrons. The third-order valence-electron chi connectivity index (χ3n) is 6.16. The zero-order valence-electron chi connectivity index (χ0n) is 22.1. The van der Waals surface area contributed by atoms with Gasteiger partial charge in [-0.15, -0.1) is 0 Å². The summed E-state index contributed by atoms with van der Waals surface area (Å²) in [7, 11) is 0. The zero-order chi connectivity index (χ0) is 26.6. The number of primary amides is 1. The van der Waals surface area contributed by atoms with E-state index < -0.39 is 5.91 Å². The molecule has 0 saturated carbocycles. The summed E-state index contributed by atoms with van der Waals surface area (Å²) in [4.78, 5) is 11.8. The lowest BCUT2D eigenvalue weighted by Crippen LogP contribution is -2.15. The summed E-state index contributed by atoms with van der Waals surface area (Å²) in [6.07, 6.45) is 5.05. The lowest BCUT2D eigenvalue weighted by molar-refractivity contribution is 0.0998. The van der Waals surface area contributed by atoms with Crippen molar-refractivity contribution in [2.45, 2.75) is 59.3 Å². The van der Waals surface area contributed by atoms with Crippen LogP contribution in [0.2, 0.25) is 0 Å². The molecule has 0 spiro atoms. The molecular formula is C31H38FNO4. The first-order valence-corrected chi connectivity index (χ1v) is 13.2. The minimum atomic E-state index is -0.439. The standard InChI is InChI=1S/C31H38FNO4/c1-4-7-17-37-30-21-29(22(6-3)20-27(30)23-13-15-24(32)16-14-23)36-19-9-18-35-28-12-8-11-26(31(33)34)25(28)10-5-2/h8,11-16,20-21H,4-7,9-10,17-19H2,1-3H3,(H2,33,34). The molecule has 3 aromatic rings. The van der Waals surface area contributed by atoms with Gasteiger partial charge in [0.05, 0.1) is 19.8 Å². The first-order chi connectivity index (χ1) is 18.0. The largest absolute Gasteiger partial charge is 0.493 e. The number of carbonyl (C=O) groups is 1. The molecule has 0 aliphatic heterocycles. The Labute approximate surface area is 219 Å². The van der Waals surface area contributed by atoms with Gasteiger partial charge in [-0.05, 0) is 60.7 Å². The number of rotatable bonds is 15. The summed E-state index contributed by atoms with van der Waals surface area (Å²) in [6, 6.07) is 15.9. The maximum atomic E-state index is 13.5. The summed E-state index contributed by atoms with van der Waals surface area (Å²) in [5.41, 5.74) is 9.81. The van der Waals surface area contributed by atoms with E-state index in [1.165, 1.54) is 12.1 Å². The number of ether oxygens (including phenoxy) is 3. The number of halogens is 1. The molecule has 0 unspecified atom stereocenters. The van der Waals surface area contributed by atoms with E-state index in [-0.39, 0.29) is 5.82 Å². The number of carbonyl (C=O) groups excluding carboxylic acids is 1. The van der Waals surface area contributed by atoms with Crippen LogP contribution in [0.1, 0.15) is 67.9 Å². The quantitative estimate of drug-likeness (QED) is 0.222. The molecule has 6 heteroatoms. The SMILES string of the molecule is CCCCOc1cc(OCCCOc2cccc(C(N)=O)c2CCC)c(CC)cc1-c1ccc(F)cc1. The van der Waals surface area contributed by atoms with Crippen molar-refractivity contribution in [3.05, 3.63) is 77.1 Å². The van der Waals surface area contributed by atoms with E-state index >= 15 is 0 Å². The summed E-state index contributed by atoms with van der Waals surface area (Å²) >= 11 is 0. The highest BCUT2D eigenvalue weighted by Crippen LogP contribution is 2.37. The maximum Gasteiger partial charge on any atom is 0.249 e. The number of nitrogens with two attached hydrogens (primary N) is 1. The summed E-state index contributed by atoms with van der Waals surface area (Å²) in [5.74, 6) is 1.50. The van der Waals surface area contributed by atoms with Gasteiger partial charge in [-0.25, -0.2) is 4.39 Å². The average molecular weight is 508 g/mol. The number of benzene rings is 3. The Bertz CT molecular complexity index is 1160. The first kappa shape index (κ1) is 28.0. The van der Waals surface area contributed by atoms with Crippen molar-refractivity contribution in [3.8, 4) is 28.4 Å². The molecule has 3 aromatic carbocycles. The highest BCUT2D eigenvalue weighted by molar-refractivity contribution is 5.95. The molecular weight excluding hydrogens is 469 g/mol. The van der Waals surface area contributed by atoms with E-state index in [0.717, 1.165) is 65.9 Å². The van der Waals surface area contributed by atoms with Crippen LogP contribution in [-0.2, 0) is 12.8 Å². The fraction of sp³-hybridized carbons (Fsp3) is 0.387. The Hall–Kier alpha value is -3.54. The Morgan fingerprint density at radius 2 is 1.49 bits per heavy atom. The molecule has 0 radical (unpaired) electrons. The van der Waals surface area contributed by atoms with Crippen molar-refractivity contribution in [1.29, 1.82) is 0 Å². The number of unbranched alkanes of at least 4 members (excludes halogenated alkanes) is 1. The Kier molecular flexibility index (Phi) is 10.8. The number of hydrogen-bond donors (Lipinski definition) is 1. The van der Waals surface area contributed by atoms with Gasteiger partial charge in [0, 0.05) is 29.2 Å². The molecule has 2 N–H and O–H groups in total. The number of aryl methyl sites for hydroxylation is 1. The van der Waals surface area contributed by atoms with Crippen LogP contribution in [0, 0.1) is 5.82 Å². The van der Waals surface area contributed by atoms with Crippen LogP contribution >= 0.6 is 0 Å². The first-order valence-electron chi connectivity index (χ1n) is 13.2. The molecule has 0 saturated heterocycles. The van der Waals surface area contributed by atoms with Crippen molar-refractivity contribution in [3.63, 3.8) is 0 Å². The van der Waals surface area contributed by atoms with Gasteiger partial charge in [0.2, 0.25) is 5.91 Å². The molecule has 0 heterocycles. The summed E-state index contributed by atoms with van der Waals surface area (Å²) < 4.78 is 31.8. The predicted octanol–water partition coefficient (Wildman–Crippen LogP) is 7.13. The third kappa shape index (κ3) is 7.72. The Balaban J connectivity index is 1.70. The lowest BCUT2D eigenvalue weighted by atomic mass is 10.00. The van der Waals surface area contributed by atoms with Crippen LogP contribution in [0.3, 0.4) is 0 Å². The van der Waals surface area contributed by atoms with Crippen LogP contribution in [0.15, 0.2) is 54.6 Å². The van der Waals surface area contributed by atoms with E-state index in [1.807, 2.05) is 12.1 Å². The molecule has 3 rings (SSSR count). The van der Waals surface area contributed by atoms with Crippen molar-refractivity contribution >= 4 is 5.91 Å². The lowest BCUT2D eigenvalue weighted by Gasteiger charge is -2.18. The minimum Gasteiger partial charge on any atom is -0.493 e. The molecule has 37 heavy (non-hydrogen) atoms. The van der Waals surface area contributed by atoms with Crippen molar-refractivity contribution in [1.82, 2.24) is 0 Å². The highest BCUT2D eigenvalue weighted by Gasteiger charge is 2.15. The molecule has 0 aliphatic carbocycles. The van der Waals surface area contributed by atoms with Crippen molar-refractivity contribution in [2.75, 3.05) is 19.8 Å². The van der Waals surface area contributed by atoms with E-state index in [4.69, 9.17) is 19.9 Å². The maximum absolute atomic E-state index is 13.5. The molecule has 0 fully saturated rings. The number of amides is 1. The van der Waals surface area contributed by atoms with Gasteiger partial charge in [0.15, 0.2) is 0 Å². The van der Waals surface area contributed by atoms with Crippen LogP contribution < -0.4 is 19.9 Å². The second-order valence-corrected chi connectivity index (χ2v) is 8.97. The summed E-state index contributed by atoms with van der Waals surface area (Å²) in [6.45, 7) is 7.79. The third-order valence-corrected chi connectivity index (χ3v) is 6.16. The van der Waals surface area contributed by atoms with E-state index in [2.05, 4.69) is 26.8 Å². The minimum absolute atomic E-state index is 0.266. The van der Waals surface area contributed by atoms with Gasteiger partial charge in [0.25, 0.3) is 0 Å². The van der Waals surface area contributed by atoms with Gasteiger partial charge in [0.1, 0.15) is 23.1 Å². The second kappa shape index (κ2) is 14.3. The fourth-order valence-corrected chi connectivity index (χ4v) is 4.18. The fourth-order valence-electron chi connectivity index (χ4n) is 4.18. The van der Waals surface area contributed by atoms with Gasteiger partial charge in [-0.2, -0.15) is 0 Å². The predicted molar refractivity (Wildman–Crippen MR) is 146 cm³/mol. The van der Waals surface area contributed by atoms with Crippen LogP contribution in [-0.4, -0.2) is 25.7 Å². The van der Waals surface area contributed by atoms with E-state index in [9.17, 15) is 9.18 Å². The topological polar surface area (TPSA) is 70.8 Å². The molecule has 5 nitrogen and oxygen atoms in total. The van der Waals surface area contributed by atoms with Gasteiger partial charge < -0.3 is 19.9 Å². The van der Waals surface area contributed by atoms with Crippen LogP contribution in [0.5, 0.6) is 17.2 Å². The molecule has 0 atom stereocenters. The second-order valence-electron chi connectivity index (χ2n) is 8.97. The highest BCUT2D eigenvalue weighted by atomic mass is 19.1. The Morgan fingerprint density at radius 1 is 0.811 bits per heavy atom. The normalized spacial score (nSPS) is 10.8. The average Bonchev–Trinajstić information content (AvgIpc) is 2.90. The smallest absolute Gasteiger partial charge is 0.249 e. The van der Waals surface area contributed by atoms with Crippen molar-refractivity contribution in [2.24, 2.45) is 5.73 Å². The number of hydrogen-bond acceptors (Lipinski definition) is 4. The Morgan fingerprint density at radius 3 is 2.14 bits per heavy atom. The molecule has 0 bridgehead atoms. The zero-order valence-corrected chi connectivity index (χ0v) is 22.1. The van der Waals surface area contributed by atoms with Crippen molar-refractivity contribution < 1.29 is 23.4 Å². The monoisotopic (exact) mass is 507 g/mol. The van der Waals surface area contributed by atoms with E-state index in [0.29, 0.717) is 37.6 Å². The van der Waals surface area contributed by atoms with Crippen LogP contribution in [0.4, 0.5) is 4.39 Å². The van der Waals surface area contributed by atoms with E-state index in [1.54, 1.807) is 24.3 Å². The molecule has 0 aromatic heterocycles. The van der Waals surface area contributed by atoms with Crippen LogP contribution in [0.25, 0.3) is 11.1 Å². The molecule has 1 amide bonds. The summed E-state index contributed by atoms with van der Waals surface area (Å²) in [5, 5.41) is 0.